The number of hydrogen-bond acceptors (Lipinski definition) is 6. The van der Waals surface area contributed by atoms with Crippen LogP contribution in [0.3, 0.4) is 0 Å². The molecule has 0 radical (unpaired) electrons. The Bertz CT molecular complexity index is 764. The molecular weight excluding hydrogens is 380 g/mol. The Kier molecular flexibility index (Phi) is 6.77. The number of rotatable bonds is 6. The summed E-state index contributed by atoms with van der Waals surface area (Å²) in [7, 11) is -3.24. The van der Waals surface area contributed by atoms with Crippen molar-refractivity contribution in [2.45, 2.75) is 46.6 Å². The summed E-state index contributed by atoms with van der Waals surface area (Å²) >= 11 is 0. The van der Waals surface area contributed by atoms with Crippen molar-refractivity contribution in [2.75, 3.05) is 45.0 Å². The molecule has 1 atom stereocenters. The summed E-state index contributed by atoms with van der Waals surface area (Å²) in [5.41, 5.74) is 0.920. The molecule has 0 N–H and O–H groups in total. The summed E-state index contributed by atoms with van der Waals surface area (Å²) in [5, 5.41) is 0. The largest absolute Gasteiger partial charge is 0.444 e. The topological polar surface area (TPSA) is 87.0 Å². The van der Waals surface area contributed by atoms with E-state index in [9.17, 15) is 13.2 Å². The molecule has 1 aromatic heterocycles. The minimum absolute atomic E-state index is 0.0962. The van der Waals surface area contributed by atoms with Crippen LogP contribution >= 0.6 is 0 Å². The Morgan fingerprint density at radius 2 is 1.89 bits per heavy atom. The van der Waals surface area contributed by atoms with E-state index in [4.69, 9.17) is 4.42 Å². The molecule has 2 aliphatic heterocycles. The number of aryl methyl sites for hydroxylation is 2. The maximum atomic E-state index is 13.0. The van der Waals surface area contributed by atoms with Gasteiger partial charge in [0.05, 0.1) is 23.9 Å². The molecule has 8 nitrogen and oxygen atoms in total. The zero-order chi connectivity index (χ0) is 20.3. The Hall–Kier alpha value is -1.45. The maximum absolute atomic E-state index is 13.0. The molecule has 1 amide bonds. The van der Waals surface area contributed by atoms with Gasteiger partial charge in [-0.15, -0.1) is 0 Å². The minimum atomic E-state index is -3.24. The number of amides is 1. The molecule has 3 rings (SSSR count). The second kappa shape index (κ2) is 8.92. The maximum Gasteiger partial charge on any atom is 0.227 e. The number of sulfonamides is 1. The Morgan fingerprint density at radius 1 is 1.18 bits per heavy atom. The number of carbonyl (C=O) groups is 1. The highest BCUT2D eigenvalue weighted by molar-refractivity contribution is 7.89. The molecule has 0 aromatic carbocycles. The van der Waals surface area contributed by atoms with Gasteiger partial charge in [0.1, 0.15) is 5.76 Å². The fraction of sp³-hybridized carbons (Fsp3) is 0.789. The van der Waals surface area contributed by atoms with Crippen molar-refractivity contribution in [3.05, 3.63) is 17.3 Å². The van der Waals surface area contributed by atoms with Crippen molar-refractivity contribution in [3.8, 4) is 0 Å². The first kappa shape index (κ1) is 21.3. The quantitative estimate of drug-likeness (QED) is 0.702. The van der Waals surface area contributed by atoms with Crippen molar-refractivity contribution < 1.29 is 17.6 Å². The number of carbonyl (C=O) groups excluding carboxylic acids is 1. The second-order valence-corrected chi connectivity index (χ2v) is 9.95. The molecule has 158 valence electrons. The molecule has 0 aliphatic carbocycles. The molecule has 0 saturated carbocycles. The van der Waals surface area contributed by atoms with E-state index in [0.29, 0.717) is 39.1 Å². The van der Waals surface area contributed by atoms with Crippen LogP contribution in [-0.4, -0.2) is 78.4 Å². The van der Waals surface area contributed by atoms with Crippen LogP contribution in [0.4, 0.5) is 0 Å². The molecular formula is C19H32N4O4S. The summed E-state index contributed by atoms with van der Waals surface area (Å²) in [4.78, 5) is 21.5. The third-order valence-electron chi connectivity index (χ3n) is 5.70. The number of hydrogen-bond donors (Lipinski definition) is 0. The van der Waals surface area contributed by atoms with Crippen molar-refractivity contribution in [2.24, 2.45) is 5.92 Å². The van der Waals surface area contributed by atoms with Crippen LogP contribution in [0, 0.1) is 19.8 Å². The van der Waals surface area contributed by atoms with Gasteiger partial charge in [0.15, 0.2) is 0 Å². The number of piperidine rings is 1. The van der Waals surface area contributed by atoms with E-state index in [0.717, 1.165) is 43.3 Å². The van der Waals surface area contributed by atoms with E-state index in [1.165, 1.54) is 4.31 Å². The van der Waals surface area contributed by atoms with Crippen LogP contribution < -0.4 is 0 Å². The number of aromatic nitrogens is 1. The Labute approximate surface area is 167 Å². The fourth-order valence-electron chi connectivity index (χ4n) is 3.97. The molecule has 28 heavy (non-hydrogen) atoms. The van der Waals surface area contributed by atoms with Crippen LogP contribution in [0.25, 0.3) is 0 Å². The zero-order valence-corrected chi connectivity index (χ0v) is 18.0. The van der Waals surface area contributed by atoms with Crippen molar-refractivity contribution in [1.29, 1.82) is 0 Å². The van der Waals surface area contributed by atoms with Crippen molar-refractivity contribution >= 4 is 15.9 Å². The Morgan fingerprint density at radius 3 is 2.50 bits per heavy atom. The minimum Gasteiger partial charge on any atom is -0.444 e. The third kappa shape index (κ3) is 4.93. The predicted molar refractivity (Wildman–Crippen MR) is 106 cm³/mol. The smallest absolute Gasteiger partial charge is 0.227 e. The lowest BCUT2D eigenvalue weighted by Crippen LogP contribution is -2.52. The lowest BCUT2D eigenvalue weighted by molar-refractivity contribution is -0.138. The third-order valence-corrected chi connectivity index (χ3v) is 7.75. The average Bonchev–Trinajstić information content (AvgIpc) is 2.99. The van der Waals surface area contributed by atoms with Gasteiger partial charge in [-0.1, -0.05) is 6.92 Å². The first-order valence-corrected chi connectivity index (χ1v) is 11.8. The average molecular weight is 413 g/mol. The monoisotopic (exact) mass is 412 g/mol. The van der Waals surface area contributed by atoms with E-state index in [1.807, 2.05) is 25.7 Å². The van der Waals surface area contributed by atoms with Gasteiger partial charge < -0.3 is 9.32 Å². The second-order valence-electron chi connectivity index (χ2n) is 7.86. The standard InChI is InChI=1S/C19H32N4O4S/c1-4-12-28(25,26)23-7-5-6-17(13-23)19(24)22-10-8-21(9-11-22)14-18-20-15(2)16(3)27-18/h17H,4-14H2,1-3H3. The zero-order valence-electron chi connectivity index (χ0n) is 17.2. The van der Waals surface area contributed by atoms with Crippen LogP contribution in [0.2, 0.25) is 0 Å². The van der Waals surface area contributed by atoms with Crippen LogP contribution in [0.1, 0.15) is 43.5 Å². The lowest BCUT2D eigenvalue weighted by Gasteiger charge is -2.38. The molecule has 3 heterocycles. The van der Waals surface area contributed by atoms with Gasteiger partial charge in [-0.25, -0.2) is 17.7 Å². The summed E-state index contributed by atoms with van der Waals surface area (Å²) < 4.78 is 31.9. The highest BCUT2D eigenvalue weighted by Crippen LogP contribution is 2.23. The van der Waals surface area contributed by atoms with Crippen LogP contribution in [0.5, 0.6) is 0 Å². The normalized spacial score (nSPS) is 22.5. The predicted octanol–water partition coefficient (Wildman–Crippen LogP) is 1.39. The highest BCUT2D eigenvalue weighted by Gasteiger charge is 2.34. The summed E-state index contributed by atoms with van der Waals surface area (Å²) in [6.07, 6.45) is 2.12. The molecule has 0 spiro atoms. The molecule has 1 unspecified atom stereocenters. The van der Waals surface area contributed by atoms with Crippen molar-refractivity contribution in [3.63, 3.8) is 0 Å². The first-order valence-electron chi connectivity index (χ1n) is 10.2. The molecule has 2 saturated heterocycles. The molecule has 0 bridgehead atoms. The summed E-state index contributed by atoms with van der Waals surface area (Å²) in [6.45, 7) is 10.1. The lowest BCUT2D eigenvalue weighted by atomic mass is 9.98. The van der Waals surface area contributed by atoms with Gasteiger partial charge >= 0.3 is 0 Å². The van der Waals surface area contributed by atoms with Gasteiger partial charge in [-0.05, 0) is 33.1 Å². The van der Waals surface area contributed by atoms with Crippen LogP contribution in [-0.2, 0) is 21.4 Å². The highest BCUT2D eigenvalue weighted by atomic mass is 32.2. The summed E-state index contributed by atoms with van der Waals surface area (Å²) in [5.74, 6) is 1.61. The number of oxazole rings is 1. The SMILES string of the molecule is CCCS(=O)(=O)N1CCCC(C(=O)N2CCN(Cc3nc(C)c(C)o3)CC2)C1. The van der Waals surface area contributed by atoms with Gasteiger partial charge in [0.25, 0.3) is 0 Å². The van der Waals surface area contributed by atoms with E-state index in [2.05, 4.69) is 9.88 Å². The first-order chi connectivity index (χ1) is 13.3. The number of nitrogens with zero attached hydrogens (tertiary/aromatic N) is 4. The van der Waals surface area contributed by atoms with E-state index in [1.54, 1.807) is 0 Å². The van der Waals surface area contributed by atoms with E-state index >= 15 is 0 Å². The molecule has 2 aliphatic rings. The molecule has 9 heteroatoms. The van der Waals surface area contributed by atoms with Crippen LogP contribution in [0.15, 0.2) is 4.42 Å². The van der Waals surface area contributed by atoms with Gasteiger partial charge in [0.2, 0.25) is 21.8 Å². The number of piperazine rings is 1. The van der Waals surface area contributed by atoms with E-state index in [-0.39, 0.29) is 17.6 Å². The Balaban J connectivity index is 1.51. The van der Waals surface area contributed by atoms with E-state index < -0.39 is 10.0 Å². The summed E-state index contributed by atoms with van der Waals surface area (Å²) in [6, 6.07) is 0. The van der Waals surface area contributed by atoms with Gasteiger partial charge in [0, 0.05) is 39.3 Å². The fourth-order valence-corrected chi connectivity index (χ4v) is 5.55. The molecule has 1 aromatic rings. The van der Waals surface area contributed by atoms with Crippen molar-refractivity contribution in [1.82, 2.24) is 19.1 Å². The van der Waals surface area contributed by atoms with Gasteiger partial charge in [-0.3, -0.25) is 9.69 Å². The van der Waals surface area contributed by atoms with Gasteiger partial charge in [-0.2, -0.15) is 0 Å². The molecule has 2 fully saturated rings.